The van der Waals surface area contributed by atoms with Crippen LogP contribution in [0.4, 0.5) is 0 Å². The van der Waals surface area contributed by atoms with Crippen LogP contribution in [0.15, 0.2) is 52.1 Å². The number of carbonyl (C=O) groups excluding carboxylic acids is 1. The number of morpholine rings is 1. The Morgan fingerprint density at radius 3 is 2.77 bits per heavy atom. The van der Waals surface area contributed by atoms with Crippen LogP contribution in [0.1, 0.15) is 16.2 Å². The van der Waals surface area contributed by atoms with Gasteiger partial charge in [-0.3, -0.25) is 4.98 Å². The van der Waals surface area contributed by atoms with Gasteiger partial charge < -0.3 is 14.0 Å². The van der Waals surface area contributed by atoms with Gasteiger partial charge in [-0.15, -0.1) is 0 Å². The van der Waals surface area contributed by atoms with E-state index in [-0.39, 0.29) is 41.1 Å². The van der Waals surface area contributed by atoms with Crippen molar-refractivity contribution in [1.29, 1.82) is 0 Å². The van der Waals surface area contributed by atoms with Gasteiger partial charge in [0.05, 0.1) is 23.8 Å². The van der Waals surface area contributed by atoms with Gasteiger partial charge >= 0.3 is 5.97 Å². The molecule has 0 aliphatic carbocycles. The number of carbonyl (C=O) groups is 1. The Morgan fingerprint density at radius 2 is 2.03 bits per heavy atom. The second-order valence-electron chi connectivity index (χ2n) is 6.49. The second-order valence-corrected chi connectivity index (χ2v) is 8.80. The average molecular weight is 465 g/mol. The molecule has 0 amide bonds. The predicted molar refractivity (Wildman–Crippen MR) is 108 cm³/mol. The Balaban J connectivity index is 1.47. The number of esters is 1. The number of hydrogen-bond donors (Lipinski definition) is 0. The van der Waals surface area contributed by atoms with E-state index in [0.717, 1.165) is 0 Å². The van der Waals surface area contributed by atoms with Gasteiger partial charge in [-0.05, 0) is 30.3 Å². The molecule has 0 N–H and O–H groups in total. The highest BCUT2D eigenvalue weighted by molar-refractivity contribution is 7.89. The molecule has 3 aromatic rings. The number of benzene rings is 1. The molecule has 0 saturated carbocycles. The van der Waals surface area contributed by atoms with E-state index in [0.29, 0.717) is 24.6 Å². The molecule has 162 valence electrons. The lowest BCUT2D eigenvalue weighted by Crippen LogP contribution is -2.40. The fraction of sp³-hybridized carbons (Fsp3) is 0.263. The summed E-state index contributed by atoms with van der Waals surface area (Å²) in [5, 5.41) is 3.83. The highest BCUT2D eigenvalue weighted by atomic mass is 35.5. The fourth-order valence-electron chi connectivity index (χ4n) is 2.89. The van der Waals surface area contributed by atoms with Gasteiger partial charge in [0.25, 0.3) is 5.89 Å². The number of hydrogen-bond acceptors (Lipinski definition) is 9. The van der Waals surface area contributed by atoms with E-state index in [1.54, 1.807) is 24.5 Å². The maximum absolute atomic E-state index is 12.9. The molecule has 2 aromatic heterocycles. The first kappa shape index (κ1) is 21.4. The van der Waals surface area contributed by atoms with Crippen molar-refractivity contribution in [3.63, 3.8) is 0 Å². The molecular formula is C19H17ClN4O6S. The minimum Gasteiger partial charge on any atom is -0.452 e. The van der Waals surface area contributed by atoms with Crippen LogP contribution in [0.5, 0.6) is 0 Å². The minimum atomic E-state index is -3.88. The van der Waals surface area contributed by atoms with Crippen molar-refractivity contribution in [3.8, 4) is 11.4 Å². The molecule has 1 fully saturated rings. The molecular weight excluding hydrogens is 448 g/mol. The SMILES string of the molecule is O=C(OCc1nc(-c2cccnc2)no1)c1ccc(Cl)c(S(=O)(=O)N2CCOCC2)c1. The summed E-state index contributed by atoms with van der Waals surface area (Å²) in [6.45, 7) is 0.737. The Labute approximate surface area is 182 Å². The molecule has 31 heavy (non-hydrogen) atoms. The van der Waals surface area contributed by atoms with E-state index in [1.165, 1.54) is 22.5 Å². The van der Waals surface area contributed by atoms with Crippen LogP contribution in [0.3, 0.4) is 0 Å². The normalized spacial score (nSPS) is 15.0. The molecule has 10 nitrogen and oxygen atoms in total. The van der Waals surface area contributed by atoms with E-state index in [1.807, 2.05) is 0 Å². The average Bonchev–Trinajstić information content (AvgIpc) is 3.28. The lowest BCUT2D eigenvalue weighted by Gasteiger charge is -2.26. The molecule has 0 bridgehead atoms. The van der Waals surface area contributed by atoms with Gasteiger partial charge in [-0.2, -0.15) is 9.29 Å². The molecule has 12 heteroatoms. The van der Waals surface area contributed by atoms with Crippen molar-refractivity contribution in [3.05, 3.63) is 59.2 Å². The van der Waals surface area contributed by atoms with Crippen LogP contribution in [0, 0.1) is 0 Å². The van der Waals surface area contributed by atoms with Gasteiger partial charge in [0.1, 0.15) is 4.90 Å². The van der Waals surface area contributed by atoms with Gasteiger partial charge in [0, 0.05) is 31.0 Å². The molecule has 0 spiro atoms. The summed E-state index contributed by atoms with van der Waals surface area (Å²) in [6, 6.07) is 7.42. The topological polar surface area (TPSA) is 125 Å². The Morgan fingerprint density at radius 1 is 1.23 bits per heavy atom. The van der Waals surface area contributed by atoms with Crippen LogP contribution < -0.4 is 0 Å². The fourth-order valence-corrected chi connectivity index (χ4v) is 4.80. The van der Waals surface area contributed by atoms with E-state index < -0.39 is 16.0 Å². The Kier molecular flexibility index (Phi) is 6.28. The van der Waals surface area contributed by atoms with Crippen LogP contribution >= 0.6 is 11.6 Å². The summed E-state index contributed by atoms with van der Waals surface area (Å²) in [4.78, 5) is 20.4. The monoisotopic (exact) mass is 464 g/mol. The van der Waals surface area contributed by atoms with Crippen molar-refractivity contribution in [2.75, 3.05) is 26.3 Å². The highest BCUT2D eigenvalue weighted by Crippen LogP contribution is 2.27. The molecule has 0 unspecified atom stereocenters. The number of ether oxygens (including phenoxy) is 2. The van der Waals surface area contributed by atoms with Crippen molar-refractivity contribution in [2.45, 2.75) is 11.5 Å². The van der Waals surface area contributed by atoms with Crippen molar-refractivity contribution < 1.29 is 27.2 Å². The summed E-state index contributed by atoms with van der Waals surface area (Å²) < 4.78 is 42.5. The highest BCUT2D eigenvalue weighted by Gasteiger charge is 2.29. The minimum absolute atomic E-state index is 0.0149. The summed E-state index contributed by atoms with van der Waals surface area (Å²) in [5.74, 6) is -0.358. The van der Waals surface area contributed by atoms with Crippen LogP contribution in [0.25, 0.3) is 11.4 Å². The number of sulfonamides is 1. The molecule has 3 heterocycles. The van der Waals surface area contributed by atoms with E-state index in [4.69, 9.17) is 25.6 Å². The van der Waals surface area contributed by atoms with Crippen molar-refractivity contribution in [1.82, 2.24) is 19.4 Å². The smallest absolute Gasteiger partial charge is 0.338 e. The molecule has 1 aliphatic heterocycles. The largest absolute Gasteiger partial charge is 0.452 e. The summed E-state index contributed by atoms with van der Waals surface area (Å²) >= 11 is 6.11. The standard InChI is InChI=1S/C19H17ClN4O6S/c20-15-4-3-13(10-16(15)31(26,27)24-6-8-28-9-7-24)19(25)29-12-17-22-18(23-30-17)14-2-1-5-21-11-14/h1-5,10-11H,6-9,12H2. The quantitative estimate of drug-likeness (QED) is 0.504. The molecule has 1 aliphatic rings. The van der Waals surface area contributed by atoms with E-state index in [2.05, 4.69) is 15.1 Å². The molecule has 1 aromatic carbocycles. The molecule has 1 saturated heterocycles. The Bertz CT molecular complexity index is 1180. The zero-order valence-electron chi connectivity index (χ0n) is 16.1. The van der Waals surface area contributed by atoms with Crippen LogP contribution in [0.2, 0.25) is 5.02 Å². The third kappa shape index (κ3) is 4.74. The number of aromatic nitrogens is 3. The lowest BCUT2D eigenvalue weighted by atomic mass is 10.2. The lowest BCUT2D eigenvalue weighted by molar-refractivity contribution is 0.0429. The third-order valence-corrected chi connectivity index (χ3v) is 6.85. The van der Waals surface area contributed by atoms with Crippen molar-refractivity contribution >= 4 is 27.6 Å². The maximum atomic E-state index is 12.9. The number of halogens is 1. The van der Waals surface area contributed by atoms with Gasteiger partial charge in [-0.25, -0.2) is 13.2 Å². The summed E-state index contributed by atoms with van der Waals surface area (Å²) in [5.41, 5.74) is 0.683. The zero-order valence-corrected chi connectivity index (χ0v) is 17.7. The first-order chi connectivity index (χ1) is 14.9. The van der Waals surface area contributed by atoms with Crippen LogP contribution in [-0.2, 0) is 26.1 Å². The second kappa shape index (κ2) is 9.10. The summed E-state index contributed by atoms with van der Waals surface area (Å²) in [7, 11) is -3.88. The van der Waals surface area contributed by atoms with E-state index >= 15 is 0 Å². The number of nitrogens with zero attached hydrogens (tertiary/aromatic N) is 4. The molecule has 0 atom stereocenters. The number of rotatable bonds is 6. The predicted octanol–water partition coefficient (Wildman–Crippen LogP) is 2.16. The maximum Gasteiger partial charge on any atom is 0.338 e. The van der Waals surface area contributed by atoms with E-state index in [9.17, 15) is 13.2 Å². The van der Waals surface area contributed by atoms with Gasteiger partial charge in [-0.1, -0.05) is 16.8 Å². The first-order valence-electron chi connectivity index (χ1n) is 9.23. The third-order valence-electron chi connectivity index (χ3n) is 4.47. The van der Waals surface area contributed by atoms with Gasteiger partial charge in [0.15, 0.2) is 6.61 Å². The molecule has 0 radical (unpaired) electrons. The van der Waals surface area contributed by atoms with Gasteiger partial charge in [0.2, 0.25) is 15.8 Å². The summed E-state index contributed by atoms with van der Waals surface area (Å²) in [6.07, 6.45) is 3.19. The van der Waals surface area contributed by atoms with Crippen molar-refractivity contribution in [2.24, 2.45) is 0 Å². The number of pyridine rings is 1. The first-order valence-corrected chi connectivity index (χ1v) is 11.0. The Hall–Kier alpha value is -2.86. The van der Waals surface area contributed by atoms with Crippen LogP contribution in [-0.4, -0.2) is 60.1 Å². The molecule has 4 rings (SSSR count). The zero-order chi connectivity index (χ0) is 21.8.